The monoisotopic (exact) mass is 461 g/mol. The number of amides is 2. The normalized spacial score (nSPS) is 20.6. The van der Waals surface area contributed by atoms with Gasteiger partial charge in [-0.25, -0.2) is 4.79 Å². The number of pyridine rings is 1. The van der Waals surface area contributed by atoms with E-state index in [-0.39, 0.29) is 6.03 Å². The summed E-state index contributed by atoms with van der Waals surface area (Å²) in [4.78, 5) is 23.7. The molecule has 0 spiro atoms. The van der Waals surface area contributed by atoms with Gasteiger partial charge in [0, 0.05) is 63.9 Å². The Kier molecular flexibility index (Phi) is 7.67. The van der Waals surface area contributed by atoms with Gasteiger partial charge in [0.15, 0.2) is 0 Å². The van der Waals surface area contributed by atoms with E-state index in [0.29, 0.717) is 21.7 Å². The molecule has 166 valence electrons. The number of hydrogen-bond acceptors (Lipinski definition) is 4. The number of nitrogens with zero attached hydrogens (tertiary/aromatic N) is 4. The molecule has 1 atom stereocenters. The lowest BCUT2D eigenvalue weighted by Crippen LogP contribution is -2.52. The number of piperidine rings is 1. The minimum absolute atomic E-state index is 0.0849. The van der Waals surface area contributed by atoms with Crippen molar-refractivity contribution in [3.05, 3.63) is 58.3 Å². The van der Waals surface area contributed by atoms with Crippen molar-refractivity contribution in [2.75, 3.05) is 51.1 Å². The van der Waals surface area contributed by atoms with Gasteiger partial charge in [0.05, 0.1) is 10.0 Å². The van der Waals surface area contributed by atoms with Crippen LogP contribution in [-0.4, -0.2) is 71.5 Å². The number of halogens is 2. The molecule has 4 rings (SSSR count). The van der Waals surface area contributed by atoms with Crippen molar-refractivity contribution in [3.8, 4) is 0 Å². The van der Waals surface area contributed by atoms with Crippen LogP contribution < -0.4 is 5.32 Å². The highest BCUT2D eigenvalue weighted by Gasteiger charge is 2.26. The molecule has 6 nitrogen and oxygen atoms in total. The Morgan fingerprint density at radius 2 is 1.90 bits per heavy atom. The number of piperazine rings is 1. The summed E-state index contributed by atoms with van der Waals surface area (Å²) in [5, 5.41) is 3.84. The first-order valence-electron chi connectivity index (χ1n) is 10.9. The number of nitrogens with one attached hydrogen (secondary N) is 1. The van der Waals surface area contributed by atoms with Crippen molar-refractivity contribution in [2.45, 2.75) is 19.4 Å². The molecule has 0 saturated carbocycles. The van der Waals surface area contributed by atoms with Crippen molar-refractivity contribution in [2.24, 2.45) is 5.92 Å². The number of rotatable bonds is 5. The summed E-state index contributed by atoms with van der Waals surface area (Å²) in [7, 11) is 0. The third kappa shape index (κ3) is 6.32. The molecule has 0 bridgehead atoms. The Hall–Kier alpha value is -1.86. The van der Waals surface area contributed by atoms with E-state index in [0.717, 1.165) is 52.4 Å². The fourth-order valence-corrected chi connectivity index (χ4v) is 4.77. The number of hydrogen-bond donors (Lipinski definition) is 1. The standard InChI is InChI=1S/C23H29Cl2N5O/c24-21-6-5-20(13-22(21)25)27-23(31)30-11-9-28(10-12-30)16-19-4-2-8-29(17-19)15-18-3-1-7-26-14-18/h1,3,5-7,13-14,19H,2,4,8-12,15-17H2,(H,27,31)/t19-/m0/s1. The Morgan fingerprint density at radius 1 is 1.06 bits per heavy atom. The summed E-state index contributed by atoms with van der Waals surface area (Å²) >= 11 is 12.0. The molecule has 3 heterocycles. The van der Waals surface area contributed by atoms with Crippen molar-refractivity contribution in [1.82, 2.24) is 19.7 Å². The molecule has 1 aromatic carbocycles. The molecular weight excluding hydrogens is 433 g/mol. The first-order valence-corrected chi connectivity index (χ1v) is 11.7. The molecule has 31 heavy (non-hydrogen) atoms. The number of anilines is 1. The quantitative estimate of drug-likeness (QED) is 0.714. The summed E-state index contributed by atoms with van der Waals surface area (Å²) in [5.41, 5.74) is 1.95. The fraction of sp³-hybridized carbons (Fsp3) is 0.478. The van der Waals surface area contributed by atoms with E-state index >= 15 is 0 Å². The largest absolute Gasteiger partial charge is 0.322 e. The molecule has 2 saturated heterocycles. The predicted octanol–water partition coefficient (Wildman–Crippen LogP) is 4.45. The smallest absolute Gasteiger partial charge is 0.321 e. The molecule has 2 aliphatic rings. The Labute approximate surface area is 194 Å². The van der Waals surface area contributed by atoms with Crippen LogP contribution >= 0.6 is 23.2 Å². The summed E-state index contributed by atoms with van der Waals surface area (Å²) in [6.45, 7) is 7.67. The van der Waals surface area contributed by atoms with Crippen LogP contribution in [0.4, 0.5) is 10.5 Å². The van der Waals surface area contributed by atoms with E-state index in [9.17, 15) is 4.79 Å². The number of carbonyl (C=O) groups excluding carboxylic acids is 1. The summed E-state index contributed by atoms with van der Waals surface area (Å²) in [5.74, 6) is 0.682. The van der Waals surface area contributed by atoms with Crippen molar-refractivity contribution in [3.63, 3.8) is 0 Å². The minimum atomic E-state index is -0.0849. The van der Waals surface area contributed by atoms with Crippen LogP contribution in [0.3, 0.4) is 0 Å². The highest BCUT2D eigenvalue weighted by molar-refractivity contribution is 6.42. The number of aromatic nitrogens is 1. The van der Waals surface area contributed by atoms with Crippen molar-refractivity contribution >= 4 is 34.9 Å². The molecule has 2 fully saturated rings. The van der Waals surface area contributed by atoms with Crippen LogP contribution in [-0.2, 0) is 6.54 Å². The first kappa shape index (κ1) is 22.3. The van der Waals surface area contributed by atoms with Crippen LogP contribution in [0.2, 0.25) is 10.0 Å². The number of benzene rings is 1. The van der Waals surface area contributed by atoms with Crippen LogP contribution in [0.15, 0.2) is 42.7 Å². The SMILES string of the molecule is O=C(Nc1ccc(Cl)c(Cl)c1)N1CCN(C[C@@H]2CCCN(Cc3cccnc3)C2)CC1. The maximum absolute atomic E-state index is 12.6. The minimum Gasteiger partial charge on any atom is -0.322 e. The second-order valence-corrected chi connectivity index (χ2v) is 9.27. The lowest BCUT2D eigenvalue weighted by Gasteiger charge is -2.39. The lowest BCUT2D eigenvalue weighted by atomic mass is 9.96. The summed E-state index contributed by atoms with van der Waals surface area (Å²) < 4.78 is 0. The second kappa shape index (κ2) is 10.6. The highest BCUT2D eigenvalue weighted by atomic mass is 35.5. The molecule has 2 amide bonds. The zero-order valence-electron chi connectivity index (χ0n) is 17.6. The number of urea groups is 1. The average molecular weight is 462 g/mol. The zero-order valence-corrected chi connectivity index (χ0v) is 19.2. The van der Waals surface area contributed by atoms with Crippen LogP contribution in [0.5, 0.6) is 0 Å². The van der Waals surface area contributed by atoms with Crippen molar-refractivity contribution < 1.29 is 4.79 Å². The van der Waals surface area contributed by atoms with E-state index in [2.05, 4.69) is 26.2 Å². The van der Waals surface area contributed by atoms with Crippen LogP contribution in [0, 0.1) is 5.92 Å². The average Bonchev–Trinajstić information content (AvgIpc) is 2.78. The molecule has 1 aromatic heterocycles. The van der Waals surface area contributed by atoms with Gasteiger partial charge in [0.2, 0.25) is 0 Å². The van der Waals surface area contributed by atoms with Crippen LogP contribution in [0.25, 0.3) is 0 Å². The predicted molar refractivity (Wildman–Crippen MR) is 126 cm³/mol. The van der Waals surface area contributed by atoms with Crippen molar-refractivity contribution in [1.29, 1.82) is 0 Å². The fourth-order valence-electron chi connectivity index (χ4n) is 4.47. The summed E-state index contributed by atoms with van der Waals surface area (Å²) in [6, 6.07) is 9.21. The van der Waals surface area contributed by atoms with Gasteiger partial charge in [-0.2, -0.15) is 0 Å². The first-order chi connectivity index (χ1) is 15.1. The molecule has 0 radical (unpaired) electrons. The van der Waals surface area contributed by atoms with E-state index in [1.54, 1.807) is 18.2 Å². The molecule has 0 aliphatic carbocycles. The molecule has 2 aromatic rings. The van der Waals surface area contributed by atoms with Gasteiger partial charge >= 0.3 is 6.03 Å². The third-order valence-corrected chi connectivity index (χ3v) is 6.82. The molecule has 8 heteroatoms. The second-order valence-electron chi connectivity index (χ2n) is 8.45. The highest BCUT2D eigenvalue weighted by Crippen LogP contribution is 2.25. The van der Waals surface area contributed by atoms with E-state index in [1.165, 1.54) is 18.4 Å². The number of carbonyl (C=O) groups is 1. The van der Waals surface area contributed by atoms with Gasteiger partial charge in [0.25, 0.3) is 0 Å². The number of likely N-dealkylation sites (tertiary alicyclic amines) is 1. The van der Waals surface area contributed by atoms with E-state index < -0.39 is 0 Å². The topological polar surface area (TPSA) is 51.7 Å². The van der Waals surface area contributed by atoms with Crippen LogP contribution in [0.1, 0.15) is 18.4 Å². The van der Waals surface area contributed by atoms with Gasteiger partial charge < -0.3 is 10.2 Å². The lowest BCUT2D eigenvalue weighted by molar-refractivity contribution is 0.0984. The van der Waals surface area contributed by atoms with E-state index in [4.69, 9.17) is 23.2 Å². The van der Waals surface area contributed by atoms with E-state index in [1.807, 2.05) is 23.4 Å². The third-order valence-electron chi connectivity index (χ3n) is 6.08. The van der Waals surface area contributed by atoms with Gasteiger partial charge in [-0.3, -0.25) is 14.8 Å². The maximum atomic E-state index is 12.6. The van der Waals surface area contributed by atoms with Gasteiger partial charge in [-0.05, 0) is 55.1 Å². The van der Waals surface area contributed by atoms with Gasteiger partial charge in [-0.1, -0.05) is 29.3 Å². The molecule has 0 unspecified atom stereocenters. The Morgan fingerprint density at radius 3 is 2.65 bits per heavy atom. The maximum Gasteiger partial charge on any atom is 0.321 e. The molecule has 2 aliphatic heterocycles. The Balaban J connectivity index is 1.21. The Bertz CT molecular complexity index is 874. The van der Waals surface area contributed by atoms with Gasteiger partial charge in [0.1, 0.15) is 0 Å². The summed E-state index contributed by atoms with van der Waals surface area (Å²) in [6.07, 6.45) is 6.32. The molecular formula is C23H29Cl2N5O. The zero-order chi connectivity index (χ0) is 21.6. The van der Waals surface area contributed by atoms with Gasteiger partial charge in [-0.15, -0.1) is 0 Å². The molecule has 1 N–H and O–H groups in total.